The first-order valence-electron chi connectivity index (χ1n) is 6.58. The highest BCUT2D eigenvalue weighted by molar-refractivity contribution is 5.86. The molecule has 0 radical (unpaired) electrons. The molecule has 0 aromatic heterocycles. The van der Waals surface area contributed by atoms with Crippen molar-refractivity contribution in [3.05, 3.63) is 0 Å². The molecule has 1 amide bonds. The number of carboxylic acids is 1. The molecule has 9 heteroatoms. The molecular weight excluding hydrogens is 298 g/mol. The lowest BCUT2D eigenvalue weighted by Gasteiger charge is -2.19. The quantitative estimate of drug-likeness (QED) is 0.217. The molecular formula is C12H26ClN5O3. The van der Waals surface area contributed by atoms with Gasteiger partial charge in [0.2, 0.25) is 5.91 Å². The van der Waals surface area contributed by atoms with Crippen LogP contribution < -0.4 is 22.5 Å². The summed E-state index contributed by atoms with van der Waals surface area (Å²) in [5.74, 6) is -1.37. The van der Waals surface area contributed by atoms with Crippen LogP contribution >= 0.6 is 12.4 Å². The van der Waals surface area contributed by atoms with E-state index in [0.29, 0.717) is 25.8 Å². The summed E-state index contributed by atoms with van der Waals surface area (Å²) in [6.07, 6.45) is 1.30. The Balaban J connectivity index is 0. The first-order chi connectivity index (χ1) is 9.23. The van der Waals surface area contributed by atoms with Crippen molar-refractivity contribution in [2.75, 3.05) is 6.54 Å². The molecule has 0 unspecified atom stereocenters. The fourth-order valence-electron chi connectivity index (χ4n) is 1.62. The fraction of sp³-hybridized carbons (Fsp3) is 0.750. The molecule has 0 aliphatic carbocycles. The highest BCUT2D eigenvalue weighted by Crippen LogP contribution is 2.06. The molecule has 0 aromatic carbocycles. The van der Waals surface area contributed by atoms with Gasteiger partial charge in [-0.2, -0.15) is 0 Å². The Morgan fingerprint density at radius 1 is 1.29 bits per heavy atom. The maximum atomic E-state index is 11.8. The monoisotopic (exact) mass is 323 g/mol. The normalized spacial score (nSPS) is 13.0. The van der Waals surface area contributed by atoms with Crippen molar-refractivity contribution < 1.29 is 14.7 Å². The van der Waals surface area contributed by atoms with E-state index in [1.807, 2.05) is 13.8 Å². The molecule has 0 saturated carbocycles. The average molecular weight is 324 g/mol. The Labute approximate surface area is 130 Å². The number of carbonyl (C=O) groups excluding carboxylic acids is 1. The molecule has 0 rings (SSSR count). The van der Waals surface area contributed by atoms with Crippen molar-refractivity contribution in [1.29, 1.82) is 0 Å². The number of rotatable bonds is 9. The molecule has 2 atom stereocenters. The third-order valence-corrected chi connectivity index (χ3v) is 2.63. The first kappa shape index (κ1) is 21.8. The summed E-state index contributed by atoms with van der Waals surface area (Å²) in [5.41, 5.74) is 16.0. The number of nitrogens with one attached hydrogen (secondary N) is 1. The minimum Gasteiger partial charge on any atom is -0.480 e. The van der Waals surface area contributed by atoms with E-state index in [2.05, 4.69) is 10.3 Å². The lowest BCUT2D eigenvalue weighted by Crippen LogP contribution is -2.48. The van der Waals surface area contributed by atoms with Gasteiger partial charge in [0.15, 0.2) is 5.96 Å². The second-order valence-corrected chi connectivity index (χ2v) is 5.08. The van der Waals surface area contributed by atoms with Crippen LogP contribution in [0.15, 0.2) is 4.99 Å². The van der Waals surface area contributed by atoms with Crippen LogP contribution in [0.5, 0.6) is 0 Å². The van der Waals surface area contributed by atoms with E-state index >= 15 is 0 Å². The molecule has 0 heterocycles. The topological polar surface area (TPSA) is 157 Å². The van der Waals surface area contributed by atoms with Crippen molar-refractivity contribution >= 4 is 30.2 Å². The van der Waals surface area contributed by atoms with Gasteiger partial charge in [-0.05, 0) is 25.2 Å². The van der Waals surface area contributed by atoms with Crippen LogP contribution in [0, 0.1) is 5.92 Å². The Kier molecular flexibility index (Phi) is 11.6. The number of aliphatic imine (C=N–C) groups is 1. The Morgan fingerprint density at radius 3 is 2.29 bits per heavy atom. The second kappa shape index (κ2) is 11.2. The summed E-state index contributed by atoms with van der Waals surface area (Å²) in [4.78, 5) is 26.6. The number of hydrogen-bond donors (Lipinski definition) is 5. The van der Waals surface area contributed by atoms with Crippen LogP contribution in [0.4, 0.5) is 0 Å². The summed E-state index contributed by atoms with van der Waals surface area (Å²) in [6, 6.07) is -1.68. The van der Waals surface area contributed by atoms with Crippen LogP contribution in [0.25, 0.3) is 0 Å². The molecule has 0 aromatic rings. The van der Waals surface area contributed by atoms with Crippen molar-refractivity contribution in [3.63, 3.8) is 0 Å². The van der Waals surface area contributed by atoms with Gasteiger partial charge in [0.1, 0.15) is 6.04 Å². The van der Waals surface area contributed by atoms with Crippen molar-refractivity contribution in [3.8, 4) is 0 Å². The summed E-state index contributed by atoms with van der Waals surface area (Å²) in [5, 5.41) is 11.5. The molecule has 0 aliphatic heterocycles. The predicted molar refractivity (Wildman–Crippen MR) is 84.2 cm³/mol. The van der Waals surface area contributed by atoms with Crippen LogP contribution in [0.2, 0.25) is 0 Å². The van der Waals surface area contributed by atoms with Gasteiger partial charge >= 0.3 is 5.97 Å². The highest BCUT2D eigenvalue weighted by atomic mass is 35.5. The van der Waals surface area contributed by atoms with E-state index in [-0.39, 0.29) is 24.3 Å². The van der Waals surface area contributed by atoms with E-state index in [0.717, 1.165) is 0 Å². The maximum absolute atomic E-state index is 11.8. The molecule has 0 aliphatic rings. The maximum Gasteiger partial charge on any atom is 0.326 e. The minimum atomic E-state index is -1.06. The van der Waals surface area contributed by atoms with Gasteiger partial charge in [-0.1, -0.05) is 13.8 Å². The van der Waals surface area contributed by atoms with Crippen LogP contribution in [-0.2, 0) is 9.59 Å². The number of nitrogens with two attached hydrogens (primary N) is 3. The van der Waals surface area contributed by atoms with E-state index in [1.165, 1.54) is 0 Å². The lowest BCUT2D eigenvalue weighted by atomic mass is 10.0. The van der Waals surface area contributed by atoms with Gasteiger partial charge in [-0.25, -0.2) is 4.79 Å². The second-order valence-electron chi connectivity index (χ2n) is 5.08. The van der Waals surface area contributed by atoms with Crippen molar-refractivity contribution in [2.45, 2.75) is 45.2 Å². The number of guanidine groups is 1. The number of carboxylic acid groups (broad SMARTS) is 1. The van der Waals surface area contributed by atoms with Gasteiger partial charge in [-0.15, -0.1) is 12.4 Å². The zero-order valence-electron chi connectivity index (χ0n) is 12.4. The van der Waals surface area contributed by atoms with Crippen LogP contribution in [0.1, 0.15) is 33.1 Å². The van der Waals surface area contributed by atoms with Crippen LogP contribution in [-0.4, -0.2) is 41.6 Å². The SMILES string of the molecule is CC(C)C[C@H](NC(=O)[C@@H](N)CCCN=C(N)N)C(=O)O.Cl. The summed E-state index contributed by atoms with van der Waals surface area (Å²) < 4.78 is 0. The number of hydrogen-bond acceptors (Lipinski definition) is 4. The summed E-state index contributed by atoms with van der Waals surface area (Å²) in [7, 11) is 0. The Hall–Kier alpha value is -1.54. The van der Waals surface area contributed by atoms with Crippen molar-refractivity contribution in [2.24, 2.45) is 28.1 Å². The number of halogens is 1. The molecule has 0 fully saturated rings. The van der Waals surface area contributed by atoms with Crippen molar-refractivity contribution in [1.82, 2.24) is 5.32 Å². The Morgan fingerprint density at radius 2 is 1.86 bits per heavy atom. The number of aliphatic carboxylic acids is 1. The zero-order valence-corrected chi connectivity index (χ0v) is 13.2. The molecule has 8 nitrogen and oxygen atoms in total. The summed E-state index contributed by atoms with van der Waals surface area (Å²) in [6.45, 7) is 4.16. The standard InChI is InChI=1S/C12H25N5O3.ClH/c1-7(2)6-9(11(19)20)17-10(18)8(13)4-3-5-16-12(14)15;/h7-9H,3-6,13H2,1-2H3,(H,17,18)(H,19,20)(H4,14,15,16);1H/t8-,9-;/m0./s1. The number of nitrogens with zero attached hydrogens (tertiary/aromatic N) is 1. The summed E-state index contributed by atoms with van der Waals surface area (Å²) >= 11 is 0. The average Bonchev–Trinajstić information content (AvgIpc) is 2.32. The van der Waals surface area contributed by atoms with Gasteiger partial charge in [-0.3, -0.25) is 9.79 Å². The molecule has 0 bridgehead atoms. The predicted octanol–water partition coefficient (Wildman–Crippen LogP) is -0.595. The van der Waals surface area contributed by atoms with E-state index in [4.69, 9.17) is 22.3 Å². The third-order valence-electron chi connectivity index (χ3n) is 2.63. The van der Waals surface area contributed by atoms with Gasteiger partial charge < -0.3 is 27.6 Å². The van der Waals surface area contributed by atoms with E-state index < -0.39 is 24.0 Å². The van der Waals surface area contributed by atoms with Gasteiger partial charge in [0.05, 0.1) is 6.04 Å². The van der Waals surface area contributed by atoms with Gasteiger partial charge in [0, 0.05) is 6.54 Å². The molecule has 0 spiro atoms. The molecule has 124 valence electrons. The van der Waals surface area contributed by atoms with E-state index in [1.54, 1.807) is 0 Å². The first-order valence-corrected chi connectivity index (χ1v) is 6.58. The highest BCUT2D eigenvalue weighted by Gasteiger charge is 2.23. The van der Waals surface area contributed by atoms with Gasteiger partial charge in [0.25, 0.3) is 0 Å². The largest absolute Gasteiger partial charge is 0.480 e. The molecule has 21 heavy (non-hydrogen) atoms. The fourth-order valence-corrected chi connectivity index (χ4v) is 1.62. The minimum absolute atomic E-state index is 0. The molecule has 0 saturated heterocycles. The lowest BCUT2D eigenvalue weighted by molar-refractivity contribution is -0.142. The third kappa shape index (κ3) is 10.9. The van der Waals surface area contributed by atoms with E-state index in [9.17, 15) is 9.59 Å². The number of amides is 1. The Bertz CT molecular complexity index is 359. The van der Waals surface area contributed by atoms with Crippen LogP contribution in [0.3, 0.4) is 0 Å². The number of carbonyl (C=O) groups is 2. The zero-order chi connectivity index (χ0) is 15.7. The molecule has 8 N–H and O–H groups in total. The smallest absolute Gasteiger partial charge is 0.326 e.